The predicted octanol–water partition coefficient (Wildman–Crippen LogP) is -0.420. The number of amides is 1. The number of aliphatic hydroxyl groups excluding tert-OH is 1. The van der Waals surface area contributed by atoms with Gasteiger partial charge in [-0.05, 0) is 33.6 Å². The highest BCUT2D eigenvalue weighted by Gasteiger charge is 2.12. The molecule has 0 saturated carbocycles. The van der Waals surface area contributed by atoms with Crippen molar-refractivity contribution in [3.63, 3.8) is 0 Å². The summed E-state index contributed by atoms with van der Waals surface area (Å²) >= 11 is 0. The first-order valence-corrected chi connectivity index (χ1v) is 6.59. The van der Waals surface area contributed by atoms with Gasteiger partial charge in [0.05, 0.1) is 6.10 Å². The molecule has 1 amide bonds. The van der Waals surface area contributed by atoms with Crippen molar-refractivity contribution >= 4 is 5.91 Å². The fourth-order valence-electron chi connectivity index (χ4n) is 2.08. The molecule has 0 fully saturated rings. The predicted molar refractivity (Wildman–Crippen MR) is 74.6 cm³/mol. The van der Waals surface area contributed by atoms with Gasteiger partial charge in [-0.25, -0.2) is 4.79 Å². The number of nitrogens with one attached hydrogen (secondary N) is 3. The molecule has 0 aromatic carbocycles. The van der Waals surface area contributed by atoms with E-state index in [1.165, 1.54) is 0 Å². The molecule has 0 aliphatic heterocycles. The molecule has 1 aromatic heterocycles. The van der Waals surface area contributed by atoms with Crippen molar-refractivity contribution in [3.8, 4) is 0 Å². The number of aromatic amines is 2. The standard InChI is InChI=1S/C13H21N3O4/c1-7(6-8(2)17)14-11(18)5-4-10-9(3)15-13(20)16-12(10)19/h7-8,17H,4-6H2,1-3H3,(H,14,18)(H2,15,16,19,20). The minimum atomic E-state index is -0.550. The van der Waals surface area contributed by atoms with Crippen LogP contribution in [0.2, 0.25) is 0 Å². The number of H-pyrrole nitrogens is 2. The summed E-state index contributed by atoms with van der Waals surface area (Å²) in [5.41, 5.74) is -0.131. The van der Waals surface area contributed by atoms with Crippen LogP contribution in [0.4, 0.5) is 0 Å². The maximum absolute atomic E-state index is 11.7. The largest absolute Gasteiger partial charge is 0.393 e. The highest BCUT2D eigenvalue weighted by Crippen LogP contribution is 2.01. The molecular weight excluding hydrogens is 262 g/mol. The van der Waals surface area contributed by atoms with Gasteiger partial charge in [0, 0.05) is 23.7 Å². The number of hydrogen-bond donors (Lipinski definition) is 4. The van der Waals surface area contributed by atoms with Gasteiger partial charge in [0.15, 0.2) is 0 Å². The van der Waals surface area contributed by atoms with Crippen molar-refractivity contribution in [2.75, 3.05) is 0 Å². The zero-order valence-corrected chi connectivity index (χ0v) is 11.9. The summed E-state index contributed by atoms with van der Waals surface area (Å²) in [6, 6.07) is -0.127. The third-order valence-corrected chi connectivity index (χ3v) is 2.96. The number of aromatic nitrogens is 2. The van der Waals surface area contributed by atoms with Gasteiger partial charge in [0.1, 0.15) is 0 Å². The van der Waals surface area contributed by atoms with Crippen molar-refractivity contribution in [2.24, 2.45) is 0 Å². The zero-order chi connectivity index (χ0) is 15.3. The molecule has 0 aliphatic rings. The average molecular weight is 283 g/mol. The van der Waals surface area contributed by atoms with Gasteiger partial charge >= 0.3 is 5.69 Å². The van der Waals surface area contributed by atoms with Crippen LogP contribution in [0.15, 0.2) is 9.59 Å². The zero-order valence-electron chi connectivity index (χ0n) is 11.9. The third kappa shape index (κ3) is 5.00. The maximum atomic E-state index is 11.7. The molecule has 4 N–H and O–H groups in total. The van der Waals surface area contributed by atoms with E-state index in [0.29, 0.717) is 17.7 Å². The van der Waals surface area contributed by atoms with E-state index in [0.717, 1.165) is 0 Å². The number of carbonyl (C=O) groups excluding carboxylic acids is 1. The third-order valence-electron chi connectivity index (χ3n) is 2.96. The molecule has 1 heterocycles. The second-order valence-electron chi connectivity index (χ2n) is 5.07. The molecule has 2 unspecified atom stereocenters. The lowest BCUT2D eigenvalue weighted by Crippen LogP contribution is -2.35. The average Bonchev–Trinajstić information content (AvgIpc) is 2.25. The second kappa shape index (κ2) is 7.04. The lowest BCUT2D eigenvalue weighted by molar-refractivity contribution is -0.121. The van der Waals surface area contributed by atoms with Gasteiger partial charge < -0.3 is 15.4 Å². The van der Waals surface area contributed by atoms with E-state index >= 15 is 0 Å². The number of rotatable bonds is 6. The summed E-state index contributed by atoms with van der Waals surface area (Å²) in [4.78, 5) is 39.0. The molecule has 0 radical (unpaired) electrons. The number of aryl methyl sites for hydroxylation is 1. The second-order valence-corrected chi connectivity index (χ2v) is 5.07. The SMILES string of the molecule is Cc1[nH]c(=O)[nH]c(=O)c1CCC(=O)NC(C)CC(C)O. The van der Waals surface area contributed by atoms with Crippen LogP contribution in [-0.4, -0.2) is 33.1 Å². The highest BCUT2D eigenvalue weighted by molar-refractivity contribution is 5.76. The fourth-order valence-corrected chi connectivity index (χ4v) is 2.08. The first-order valence-electron chi connectivity index (χ1n) is 6.59. The minimum Gasteiger partial charge on any atom is -0.393 e. The number of carbonyl (C=O) groups is 1. The van der Waals surface area contributed by atoms with E-state index in [9.17, 15) is 19.5 Å². The van der Waals surface area contributed by atoms with E-state index in [1.807, 2.05) is 6.92 Å². The first-order chi connectivity index (χ1) is 9.29. The van der Waals surface area contributed by atoms with Crippen molar-refractivity contribution in [1.29, 1.82) is 0 Å². The van der Waals surface area contributed by atoms with Gasteiger partial charge in [-0.3, -0.25) is 14.6 Å². The van der Waals surface area contributed by atoms with E-state index < -0.39 is 17.4 Å². The highest BCUT2D eigenvalue weighted by atomic mass is 16.3. The molecular formula is C13H21N3O4. The Kier molecular flexibility index (Phi) is 5.69. The summed E-state index contributed by atoms with van der Waals surface area (Å²) in [5.74, 6) is -0.192. The lowest BCUT2D eigenvalue weighted by atomic mass is 10.1. The van der Waals surface area contributed by atoms with E-state index in [2.05, 4.69) is 15.3 Å². The monoisotopic (exact) mass is 283 g/mol. The normalized spacial score (nSPS) is 13.8. The summed E-state index contributed by atoms with van der Waals surface area (Å²) < 4.78 is 0. The van der Waals surface area contributed by atoms with Gasteiger partial charge in [0.2, 0.25) is 5.91 Å². The molecule has 1 rings (SSSR count). The van der Waals surface area contributed by atoms with Crippen molar-refractivity contribution < 1.29 is 9.90 Å². The summed E-state index contributed by atoms with van der Waals surface area (Å²) in [6.07, 6.45) is 0.407. The van der Waals surface area contributed by atoms with E-state index in [4.69, 9.17) is 0 Å². The Labute approximate surface area is 116 Å². The molecule has 1 aromatic rings. The Morgan fingerprint density at radius 3 is 2.50 bits per heavy atom. The minimum absolute atomic E-state index is 0.127. The van der Waals surface area contributed by atoms with Crippen LogP contribution in [0.1, 0.15) is 37.9 Å². The lowest BCUT2D eigenvalue weighted by Gasteiger charge is -2.15. The van der Waals surface area contributed by atoms with E-state index in [-0.39, 0.29) is 24.8 Å². The molecule has 0 bridgehead atoms. The summed E-state index contributed by atoms with van der Waals surface area (Å²) in [7, 11) is 0. The molecule has 0 aliphatic carbocycles. The molecule has 7 nitrogen and oxygen atoms in total. The Balaban J connectivity index is 2.58. The van der Waals surface area contributed by atoms with Crippen molar-refractivity contribution in [3.05, 3.63) is 32.1 Å². The topological polar surface area (TPSA) is 115 Å². The Hall–Kier alpha value is -1.89. The van der Waals surface area contributed by atoms with Crippen LogP contribution >= 0.6 is 0 Å². The quantitative estimate of drug-likeness (QED) is 0.567. The van der Waals surface area contributed by atoms with Gasteiger partial charge in [-0.2, -0.15) is 0 Å². The maximum Gasteiger partial charge on any atom is 0.325 e. The smallest absolute Gasteiger partial charge is 0.325 e. The summed E-state index contributed by atoms with van der Waals surface area (Å²) in [5, 5.41) is 12.0. The van der Waals surface area contributed by atoms with Gasteiger partial charge in [-0.15, -0.1) is 0 Å². The van der Waals surface area contributed by atoms with Crippen LogP contribution in [0, 0.1) is 6.92 Å². The Morgan fingerprint density at radius 1 is 1.30 bits per heavy atom. The van der Waals surface area contributed by atoms with E-state index in [1.54, 1.807) is 13.8 Å². The summed E-state index contributed by atoms with van der Waals surface area (Å²) in [6.45, 7) is 5.09. The first kappa shape index (κ1) is 16.2. The molecule has 2 atom stereocenters. The molecule has 0 saturated heterocycles. The molecule has 112 valence electrons. The molecule has 7 heteroatoms. The van der Waals surface area contributed by atoms with Crippen LogP contribution in [0.25, 0.3) is 0 Å². The Bertz CT molecular complexity index is 574. The molecule has 20 heavy (non-hydrogen) atoms. The number of aliphatic hydroxyl groups is 1. The Morgan fingerprint density at radius 2 is 1.95 bits per heavy atom. The van der Waals surface area contributed by atoms with Crippen LogP contribution < -0.4 is 16.6 Å². The molecule has 0 spiro atoms. The van der Waals surface area contributed by atoms with Crippen molar-refractivity contribution in [1.82, 2.24) is 15.3 Å². The number of hydrogen-bond acceptors (Lipinski definition) is 4. The van der Waals surface area contributed by atoms with Crippen LogP contribution in [-0.2, 0) is 11.2 Å². The van der Waals surface area contributed by atoms with Crippen molar-refractivity contribution in [2.45, 2.75) is 52.2 Å². The fraction of sp³-hybridized carbons (Fsp3) is 0.615. The van der Waals surface area contributed by atoms with Gasteiger partial charge in [0.25, 0.3) is 5.56 Å². The van der Waals surface area contributed by atoms with Gasteiger partial charge in [-0.1, -0.05) is 0 Å². The van der Waals surface area contributed by atoms with Crippen LogP contribution in [0.5, 0.6) is 0 Å². The van der Waals surface area contributed by atoms with Crippen LogP contribution in [0.3, 0.4) is 0 Å².